The Morgan fingerprint density at radius 1 is 1.24 bits per heavy atom. The molecule has 0 aliphatic carbocycles. The summed E-state index contributed by atoms with van der Waals surface area (Å²) in [5.74, 6) is 0.449. The minimum atomic E-state index is -0.0784. The average Bonchev–Trinajstić information content (AvgIpc) is 2.49. The van der Waals surface area contributed by atoms with Gasteiger partial charge in [-0.15, -0.1) is 5.11 Å². The lowest BCUT2D eigenvalue weighted by molar-refractivity contribution is 0.0952. The van der Waals surface area contributed by atoms with Crippen LogP contribution < -0.4 is 5.32 Å². The molecule has 116 valence electrons. The first-order valence-electron chi connectivity index (χ1n) is 7.78. The molecule has 21 heavy (non-hydrogen) atoms. The van der Waals surface area contributed by atoms with E-state index in [9.17, 15) is 4.79 Å². The maximum absolute atomic E-state index is 11.9. The molecule has 0 saturated heterocycles. The topological polar surface area (TPSA) is 66.7 Å². The molecule has 0 aliphatic rings. The highest BCUT2D eigenvalue weighted by atomic mass is 16.1. The molecule has 0 spiro atoms. The molecule has 0 bridgehead atoms. The number of unbranched alkanes of at least 4 members (excludes halogenated alkanes) is 4. The van der Waals surface area contributed by atoms with Crippen molar-refractivity contribution in [2.75, 3.05) is 6.54 Å². The summed E-state index contributed by atoms with van der Waals surface area (Å²) in [6.45, 7) is 6.81. The number of azo groups is 1. The van der Waals surface area contributed by atoms with Crippen LogP contribution in [0.3, 0.4) is 0 Å². The van der Waals surface area contributed by atoms with Crippen LogP contribution in [0.5, 0.6) is 0 Å². The number of nitrogens with zero attached hydrogens (tertiary/aromatic N) is 3. The van der Waals surface area contributed by atoms with E-state index in [4.69, 9.17) is 0 Å². The van der Waals surface area contributed by atoms with Gasteiger partial charge in [0.2, 0.25) is 0 Å². The monoisotopic (exact) mass is 290 g/mol. The Morgan fingerprint density at radius 3 is 2.62 bits per heavy atom. The fraction of sp³-hybridized carbons (Fsp3) is 0.625. The van der Waals surface area contributed by atoms with Crippen molar-refractivity contribution in [2.45, 2.75) is 58.9 Å². The summed E-state index contributed by atoms with van der Waals surface area (Å²) in [6.07, 6.45) is 7.48. The third-order valence-electron chi connectivity index (χ3n) is 2.97. The molecular formula is C16H26N4O. The molecule has 5 heteroatoms. The number of hydrogen-bond acceptors (Lipinski definition) is 4. The molecule has 0 aliphatic heterocycles. The highest BCUT2D eigenvalue weighted by Gasteiger charge is 2.05. The summed E-state index contributed by atoms with van der Waals surface area (Å²) < 4.78 is 0. The minimum Gasteiger partial charge on any atom is -0.352 e. The molecule has 0 saturated carbocycles. The van der Waals surface area contributed by atoms with Crippen molar-refractivity contribution in [3.63, 3.8) is 0 Å². The van der Waals surface area contributed by atoms with E-state index in [1.54, 1.807) is 18.3 Å². The van der Waals surface area contributed by atoms with Crippen molar-refractivity contribution in [3.8, 4) is 0 Å². The lowest BCUT2D eigenvalue weighted by Crippen LogP contribution is -2.24. The molecular weight excluding hydrogens is 264 g/mol. The fourth-order valence-electron chi connectivity index (χ4n) is 1.79. The molecule has 0 radical (unpaired) electrons. The Kier molecular flexibility index (Phi) is 8.24. The third-order valence-corrected chi connectivity index (χ3v) is 2.97. The second-order valence-electron chi connectivity index (χ2n) is 5.38. The number of pyridine rings is 1. The molecule has 0 fully saturated rings. The average molecular weight is 290 g/mol. The smallest absolute Gasteiger partial charge is 0.252 e. The van der Waals surface area contributed by atoms with Gasteiger partial charge in [-0.2, -0.15) is 5.11 Å². The Balaban J connectivity index is 2.34. The van der Waals surface area contributed by atoms with E-state index < -0.39 is 0 Å². The SMILES string of the molecule is CCCCCCCNC(=O)c1ccc(N=NC(C)C)nc1. The first kappa shape index (κ1) is 17.3. The van der Waals surface area contributed by atoms with Gasteiger partial charge < -0.3 is 5.32 Å². The van der Waals surface area contributed by atoms with Crippen LogP contribution in [0, 0.1) is 0 Å². The number of aromatic nitrogens is 1. The van der Waals surface area contributed by atoms with Crippen LogP contribution in [0.4, 0.5) is 5.82 Å². The molecule has 1 aromatic heterocycles. The van der Waals surface area contributed by atoms with E-state index in [-0.39, 0.29) is 11.9 Å². The number of nitrogens with one attached hydrogen (secondary N) is 1. The zero-order chi connectivity index (χ0) is 15.5. The van der Waals surface area contributed by atoms with Crippen molar-refractivity contribution >= 4 is 11.7 Å². The van der Waals surface area contributed by atoms with E-state index in [1.807, 2.05) is 13.8 Å². The second kappa shape index (κ2) is 10.0. The van der Waals surface area contributed by atoms with Crippen LogP contribution in [0.25, 0.3) is 0 Å². The number of amides is 1. The largest absolute Gasteiger partial charge is 0.352 e. The minimum absolute atomic E-state index is 0.0784. The van der Waals surface area contributed by atoms with Crippen LogP contribution in [0.1, 0.15) is 63.2 Å². The van der Waals surface area contributed by atoms with Gasteiger partial charge in [-0.05, 0) is 32.4 Å². The normalized spacial score (nSPS) is 11.2. The van der Waals surface area contributed by atoms with E-state index in [0.29, 0.717) is 11.4 Å². The highest BCUT2D eigenvalue weighted by Crippen LogP contribution is 2.10. The molecule has 1 amide bonds. The molecule has 5 nitrogen and oxygen atoms in total. The highest BCUT2D eigenvalue weighted by molar-refractivity contribution is 5.93. The predicted molar refractivity (Wildman–Crippen MR) is 85.0 cm³/mol. The maximum Gasteiger partial charge on any atom is 0.252 e. The van der Waals surface area contributed by atoms with E-state index in [2.05, 4.69) is 27.5 Å². The van der Waals surface area contributed by atoms with Crippen LogP contribution in [0.15, 0.2) is 28.6 Å². The number of carbonyl (C=O) groups excluding carboxylic acids is 1. The summed E-state index contributed by atoms with van der Waals surface area (Å²) in [5, 5.41) is 10.9. The Morgan fingerprint density at radius 2 is 2.00 bits per heavy atom. The lowest BCUT2D eigenvalue weighted by atomic mass is 10.1. The zero-order valence-electron chi connectivity index (χ0n) is 13.3. The fourth-order valence-corrected chi connectivity index (χ4v) is 1.79. The Bertz CT molecular complexity index is 440. The zero-order valence-corrected chi connectivity index (χ0v) is 13.3. The van der Waals surface area contributed by atoms with Crippen molar-refractivity contribution in [1.29, 1.82) is 0 Å². The molecule has 1 heterocycles. The van der Waals surface area contributed by atoms with Gasteiger partial charge in [0, 0.05) is 12.7 Å². The van der Waals surface area contributed by atoms with Gasteiger partial charge in [-0.3, -0.25) is 4.79 Å². The van der Waals surface area contributed by atoms with Crippen molar-refractivity contribution in [3.05, 3.63) is 23.9 Å². The molecule has 1 N–H and O–H groups in total. The van der Waals surface area contributed by atoms with Gasteiger partial charge in [0.15, 0.2) is 5.82 Å². The standard InChI is InChI=1S/C16H26N4O/c1-4-5-6-7-8-11-17-16(21)14-9-10-15(18-12-14)20-19-13(2)3/h9-10,12-13H,4-8,11H2,1-3H3,(H,17,21). The van der Waals surface area contributed by atoms with E-state index in [1.165, 1.54) is 25.7 Å². The van der Waals surface area contributed by atoms with Crippen LogP contribution in [-0.4, -0.2) is 23.5 Å². The second-order valence-corrected chi connectivity index (χ2v) is 5.38. The molecule has 1 aromatic rings. The molecule has 1 rings (SSSR count). The number of carbonyl (C=O) groups is 1. The van der Waals surface area contributed by atoms with Crippen molar-refractivity contribution in [2.24, 2.45) is 10.2 Å². The third kappa shape index (κ3) is 7.54. The van der Waals surface area contributed by atoms with Gasteiger partial charge in [0.1, 0.15) is 0 Å². The summed E-state index contributed by atoms with van der Waals surface area (Å²) in [5.41, 5.74) is 0.562. The lowest BCUT2D eigenvalue weighted by Gasteiger charge is -2.05. The van der Waals surface area contributed by atoms with Gasteiger partial charge in [0.25, 0.3) is 5.91 Å². The quantitative estimate of drug-likeness (QED) is 0.545. The first-order valence-corrected chi connectivity index (χ1v) is 7.78. The van der Waals surface area contributed by atoms with Crippen LogP contribution in [0.2, 0.25) is 0 Å². The first-order chi connectivity index (χ1) is 10.1. The summed E-state index contributed by atoms with van der Waals surface area (Å²) in [6, 6.07) is 3.58. The van der Waals surface area contributed by atoms with Crippen molar-refractivity contribution in [1.82, 2.24) is 10.3 Å². The molecule has 0 unspecified atom stereocenters. The van der Waals surface area contributed by atoms with Crippen molar-refractivity contribution < 1.29 is 4.79 Å². The van der Waals surface area contributed by atoms with Crippen LogP contribution in [-0.2, 0) is 0 Å². The van der Waals surface area contributed by atoms with Crippen LogP contribution >= 0.6 is 0 Å². The summed E-state index contributed by atoms with van der Waals surface area (Å²) >= 11 is 0. The van der Waals surface area contributed by atoms with Gasteiger partial charge in [-0.25, -0.2) is 4.98 Å². The van der Waals surface area contributed by atoms with E-state index in [0.717, 1.165) is 13.0 Å². The Labute approximate surface area is 127 Å². The predicted octanol–water partition coefficient (Wildman–Crippen LogP) is 4.27. The van der Waals surface area contributed by atoms with E-state index >= 15 is 0 Å². The Hall–Kier alpha value is -1.78. The van der Waals surface area contributed by atoms with Gasteiger partial charge in [0.05, 0.1) is 11.6 Å². The van der Waals surface area contributed by atoms with Gasteiger partial charge in [-0.1, -0.05) is 32.6 Å². The number of hydrogen-bond donors (Lipinski definition) is 1. The summed E-state index contributed by atoms with van der Waals surface area (Å²) in [4.78, 5) is 16.0. The van der Waals surface area contributed by atoms with Gasteiger partial charge >= 0.3 is 0 Å². The maximum atomic E-state index is 11.9. The molecule has 0 aromatic carbocycles. The molecule has 0 atom stereocenters. The number of rotatable bonds is 9. The summed E-state index contributed by atoms with van der Waals surface area (Å²) in [7, 11) is 0.